The van der Waals surface area contributed by atoms with Crippen molar-refractivity contribution in [3.05, 3.63) is 34.7 Å². The van der Waals surface area contributed by atoms with Crippen molar-refractivity contribution in [3.8, 4) is 11.3 Å². The SMILES string of the molecule is Cc1[nH]nc(-c2ccc(C(=O)N(C)C)nc2)c1Cl. The standard InChI is InChI=1S/C12H13ClN4O/c1-7-10(13)11(16-15-7)8-4-5-9(14-6-8)12(18)17(2)3/h4-6H,1-3H3,(H,15,16). The second kappa shape index (κ2) is 4.78. The van der Waals surface area contributed by atoms with Crippen molar-refractivity contribution in [2.75, 3.05) is 14.1 Å². The van der Waals surface area contributed by atoms with E-state index in [1.165, 1.54) is 4.90 Å². The Kier molecular flexibility index (Phi) is 3.34. The van der Waals surface area contributed by atoms with Crippen LogP contribution in [-0.4, -0.2) is 40.1 Å². The summed E-state index contributed by atoms with van der Waals surface area (Å²) in [6, 6.07) is 3.45. The largest absolute Gasteiger partial charge is 0.343 e. The minimum absolute atomic E-state index is 0.133. The topological polar surface area (TPSA) is 61.9 Å². The van der Waals surface area contributed by atoms with Crippen LogP contribution < -0.4 is 0 Å². The molecule has 0 bridgehead atoms. The van der Waals surface area contributed by atoms with Crippen LogP contribution >= 0.6 is 11.6 Å². The Bertz CT molecular complexity index is 574. The van der Waals surface area contributed by atoms with Crippen LogP contribution in [0, 0.1) is 6.92 Å². The Hall–Kier alpha value is -1.88. The van der Waals surface area contributed by atoms with Gasteiger partial charge in [-0.05, 0) is 19.1 Å². The minimum atomic E-state index is -0.133. The van der Waals surface area contributed by atoms with Crippen molar-refractivity contribution >= 4 is 17.5 Å². The van der Waals surface area contributed by atoms with Gasteiger partial charge in [-0.15, -0.1) is 0 Å². The van der Waals surface area contributed by atoms with Crippen molar-refractivity contribution in [3.63, 3.8) is 0 Å². The molecule has 2 heterocycles. The number of H-pyrrole nitrogens is 1. The normalized spacial score (nSPS) is 10.4. The molecule has 0 unspecified atom stereocenters. The summed E-state index contributed by atoms with van der Waals surface area (Å²) in [7, 11) is 3.37. The number of halogens is 1. The summed E-state index contributed by atoms with van der Waals surface area (Å²) in [5.41, 5.74) is 2.62. The molecule has 0 fully saturated rings. The predicted octanol–water partition coefficient (Wildman–Crippen LogP) is 2.14. The Morgan fingerprint density at radius 2 is 2.11 bits per heavy atom. The number of amides is 1. The number of carbonyl (C=O) groups is 1. The fourth-order valence-corrected chi connectivity index (χ4v) is 1.69. The Balaban J connectivity index is 2.33. The molecule has 0 spiro atoms. The second-order valence-electron chi connectivity index (χ2n) is 4.14. The van der Waals surface area contributed by atoms with Crippen molar-refractivity contribution in [1.29, 1.82) is 0 Å². The molecule has 94 valence electrons. The molecule has 5 nitrogen and oxygen atoms in total. The number of carbonyl (C=O) groups excluding carboxylic acids is 1. The highest BCUT2D eigenvalue weighted by atomic mass is 35.5. The van der Waals surface area contributed by atoms with E-state index in [-0.39, 0.29) is 5.91 Å². The van der Waals surface area contributed by atoms with Crippen LogP contribution in [0.1, 0.15) is 16.2 Å². The van der Waals surface area contributed by atoms with E-state index < -0.39 is 0 Å². The number of rotatable bonds is 2. The van der Waals surface area contributed by atoms with Gasteiger partial charge in [0, 0.05) is 25.9 Å². The maximum Gasteiger partial charge on any atom is 0.271 e. The van der Waals surface area contributed by atoms with Gasteiger partial charge in [0.25, 0.3) is 5.91 Å². The molecule has 0 aromatic carbocycles. The highest BCUT2D eigenvalue weighted by molar-refractivity contribution is 6.33. The summed E-state index contributed by atoms with van der Waals surface area (Å²) in [6.07, 6.45) is 1.60. The second-order valence-corrected chi connectivity index (χ2v) is 4.52. The van der Waals surface area contributed by atoms with Crippen LogP contribution in [0.2, 0.25) is 5.02 Å². The van der Waals surface area contributed by atoms with Gasteiger partial charge in [0.1, 0.15) is 11.4 Å². The average Bonchev–Trinajstić information content (AvgIpc) is 2.69. The van der Waals surface area contributed by atoms with Crippen LogP contribution in [0.4, 0.5) is 0 Å². The fourth-order valence-electron chi connectivity index (χ4n) is 1.50. The molecule has 0 aliphatic carbocycles. The molecule has 0 atom stereocenters. The van der Waals surface area contributed by atoms with Crippen molar-refractivity contribution in [2.24, 2.45) is 0 Å². The summed E-state index contributed by atoms with van der Waals surface area (Å²) in [6.45, 7) is 1.84. The highest BCUT2D eigenvalue weighted by Gasteiger charge is 2.13. The molecule has 2 rings (SSSR count). The fraction of sp³-hybridized carbons (Fsp3) is 0.250. The van der Waals surface area contributed by atoms with Crippen LogP contribution in [0.3, 0.4) is 0 Å². The molecule has 6 heteroatoms. The van der Waals surface area contributed by atoms with Gasteiger partial charge in [-0.25, -0.2) is 0 Å². The number of aromatic amines is 1. The molecule has 2 aromatic rings. The Morgan fingerprint density at radius 1 is 1.39 bits per heavy atom. The lowest BCUT2D eigenvalue weighted by molar-refractivity contribution is 0.0822. The summed E-state index contributed by atoms with van der Waals surface area (Å²) >= 11 is 6.10. The van der Waals surface area contributed by atoms with Gasteiger partial charge in [0.05, 0.1) is 10.7 Å². The zero-order valence-electron chi connectivity index (χ0n) is 10.4. The maximum atomic E-state index is 11.7. The number of nitrogens with zero attached hydrogens (tertiary/aromatic N) is 3. The zero-order chi connectivity index (χ0) is 13.3. The first-order valence-corrected chi connectivity index (χ1v) is 5.77. The summed E-state index contributed by atoms with van der Waals surface area (Å²) in [5.74, 6) is -0.133. The van der Waals surface area contributed by atoms with Gasteiger partial charge in [0.15, 0.2) is 0 Å². The molecule has 0 radical (unpaired) electrons. The smallest absolute Gasteiger partial charge is 0.271 e. The minimum Gasteiger partial charge on any atom is -0.343 e. The molecule has 2 aromatic heterocycles. The molecular weight excluding hydrogens is 252 g/mol. The van der Waals surface area contributed by atoms with E-state index in [4.69, 9.17) is 11.6 Å². The third-order valence-corrected chi connectivity index (χ3v) is 3.00. The van der Waals surface area contributed by atoms with E-state index in [9.17, 15) is 4.79 Å². The number of aryl methyl sites for hydroxylation is 1. The molecule has 18 heavy (non-hydrogen) atoms. The summed E-state index contributed by atoms with van der Waals surface area (Å²) in [5, 5.41) is 7.48. The first-order chi connectivity index (χ1) is 8.50. The maximum absolute atomic E-state index is 11.7. The molecule has 0 aliphatic heterocycles. The van der Waals surface area contributed by atoms with Crippen LogP contribution in [0.25, 0.3) is 11.3 Å². The van der Waals surface area contributed by atoms with Gasteiger partial charge in [-0.3, -0.25) is 14.9 Å². The van der Waals surface area contributed by atoms with Gasteiger partial charge in [0.2, 0.25) is 0 Å². The third kappa shape index (κ3) is 2.22. The lowest BCUT2D eigenvalue weighted by Crippen LogP contribution is -2.22. The number of aromatic nitrogens is 3. The van der Waals surface area contributed by atoms with Gasteiger partial charge >= 0.3 is 0 Å². The van der Waals surface area contributed by atoms with Gasteiger partial charge in [-0.2, -0.15) is 5.10 Å². The zero-order valence-corrected chi connectivity index (χ0v) is 11.1. The monoisotopic (exact) mass is 264 g/mol. The number of pyridine rings is 1. The molecular formula is C12H13ClN4O. The third-order valence-electron chi connectivity index (χ3n) is 2.53. The number of nitrogens with one attached hydrogen (secondary N) is 1. The van der Waals surface area contributed by atoms with E-state index >= 15 is 0 Å². The number of hydrogen-bond acceptors (Lipinski definition) is 3. The summed E-state index contributed by atoms with van der Waals surface area (Å²) in [4.78, 5) is 17.3. The lowest BCUT2D eigenvalue weighted by atomic mass is 10.2. The van der Waals surface area contributed by atoms with Gasteiger partial charge in [-0.1, -0.05) is 11.6 Å². The first-order valence-electron chi connectivity index (χ1n) is 5.39. The predicted molar refractivity (Wildman–Crippen MR) is 69.6 cm³/mol. The Labute approximate surface area is 110 Å². The lowest BCUT2D eigenvalue weighted by Gasteiger charge is -2.09. The summed E-state index contributed by atoms with van der Waals surface area (Å²) < 4.78 is 0. The Morgan fingerprint density at radius 3 is 2.56 bits per heavy atom. The van der Waals surface area contributed by atoms with Crippen LogP contribution in [0.15, 0.2) is 18.3 Å². The van der Waals surface area contributed by atoms with Crippen LogP contribution in [0.5, 0.6) is 0 Å². The average molecular weight is 265 g/mol. The molecule has 0 saturated carbocycles. The quantitative estimate of drug-likeness (QED) is 0.904. The first kappa shape index (κ1) is 12.6. The molecule has 1 N–H and O–H groups in total. The molecule has 1 amide bonds. The van der Waals surface area contributed by atoms with Crippen molar-refractivity contribution in [2.45, 2.75) is 6.92 Å². The van der Waals surface area contributed by atoms with Crippen LogP contribution in [-0.2, 0) is 0 Å². The highest BCUT2D eigenvalue weighted by Crippen LogP contribution is 2.27. The van der Waals surface area contributed by atoms with Crippen molar-refractivity contribution in [1.82, 2.24) is 20.1 Å². The molecule has 0 aliphatic rings. The van der Waals surface area contributed by atoms with Crippen molar-refractivity contribution < 1.29 is 4.79 Å². The number of hydrogen-bond donors (Lipinski definition) is 1. The molecule has 0 saturated heterocycles. The van der Waals surface area contributed by atoms with E-state index in [2.05, 4.69) is 15.2 Å². The van der Waals surface area contributed by atoms with Gasteiger partial charge < -0.3 is 4.90 Å². The van der Waals surface area contributed by atoms with E-state index in [0.29, 0.717) is 16.4 Å². The van der Waals surface area contributed by atoms with E-state index in [1.54, 1.807) is 32.4 Å². The van der Waals surface area contributed by atoms with E-state index in [1.807, 2.05) is 6.92 Å². The van der Waals surface area contributed by atoms with E-state index in [0.717, 1.165) is 11.3 Å².